The fourth-order valence-electron chi connectivity index (χ4n) is 3.98. The normalized spacial score (nSPS) is 18.2. The highest BCUT2D eigenvalue weighted by atomic mass is 16.5. The molecule has 158 valence electrons. The van der Waals surface area contributed by atoms with Crippen LogP contribution in [0.25, 0.3) is 34.0 Å². The van der Waals surface area contributed by atoms with Crippen molar-refractivity contribution in [2.45, 2.75) is 18.3 Å². The van der Waals surface area contributed by atoms with Gasteiger partial charge in [0.05, 0.1) is 23.7 Å². The Labute approximate surface area is 185 Å². The molecule has 1 saturated heterocycles. The lowest BCUT2D eigenvalue weighted by atomic mass is 9.78. The molecule has 0 radical (unpaired) electrons. The quantitative estimate of drug-likeness (QED) is 0.510. The van der Waals surface area contributed by atoms with Crippen LogP contribution in [-0.4, -0.2) is 33.2 Å². The SMILES string of the molecule is N#CC1(c2cc(-c3cnc(N)c(-c4cc(-c5ccccc5)no4)n3)ccn2)CCCNC1. The molecule has 1 aromatic carbocycles. The second kappa shape index (κ2) is 8.21. The molecule has 1 atom stereocenters. The second-order valence-corrected chi connectivity index (χ2v) is 7.84. The maximum absolute atomic E-state index is 9.89. The van der Waals surface area contributed by atoms with Gasteiger partial charge >= 0.3 is 0 Å². The Kier molecular flexibility index (Phi) is 5.09. The van der Waals surface area contributed by atoms with E-state index in [1.165, 1.54) is 0 Å². The lowest BCUT2D eigenvalue weighted by molar-refractivity contribution is 0.378. The minimum absolute atomic E-state index is 0.253. The minimum atomic E-state index is -0.645. The molecule has 4 heterocycles. The third kappa shape index (κ3) is 3.59. The second-order valence-electron chi connectivity index (χ2n) is 7.84. The lowest BCUT2D eigenvalue weighted by Crippen LogP contribution is -2.42. The van der Waals surface area contributed by atoms with Crippen LogP contribution < -0.4 is 11.1 Å². The van der Waals surface area contributed by atoms with Gasteiger partial charge in [-0.3, -0.25) is 4.98 Å². The summed E-state index contributed by atoms with van der Waals surface area (Å²) in [6, 6.07) is 17.8. The van der Waals surface area contributed by atoms with Gasteiger partial charge in [0.2, 0.25) is 0 Å². The summed E-state index contributed by atoms with van der Waals surface area (Å²) in [5, 5.41) is 17.4. The molecule has 0 amide bonds. The standard InChI is InChI=1S/C24H21N7O/c25-14-24(8-4-9-27-15-24)21-11-17(7-10-28-21)19-13-29-23(26)22(30-19)20-12-18(31-32-20)16-5-2-1-3-6-16/h1-3,5-7,10-13,27H,4,8-9,15H2,(H2,26,29). The Morgan fingerprint density at radius 3 is 2.72 bits per heavy atom. The molecule has 1 fully saturated rings. The highest BCUT2D eigenvalue weighted by Gasteiger charge is 2.35. The van der Waals surface area contributed by atoms with Crippen molar-refractivity contribution < 1.29 is 4.52 Å². The maximum atomic E-state index is 9.89. The Bertz CT molecular complexity index is 1290. The molecule has 5 rings (SSSR count). The number of nitrogens with two attached hydrogens (primary N) is 1. The molecule has 0 bridgehead atoms. The minimum Gasteiger partial charge on any atom is -0.382 e. The number of nitrogen functional groups attached to an aromatic ring is 1. The van der Waals surface area contributed by atoms with Crippen molar-refractivity contribution in [2.75, 3.05) is 18.8 Å². The third-order valence-electron chi connectivity index (χ3n) is 5.76. The zero-order valence-electron chi connectivity index (χ0n) is 17.3. The first-order valence-corrected chi connectivity index (χ1v) is 10.4. The van der Waals surface area contributed by atoms with E-state index in [1.54, 1.807) is 18.5 Å². The van der Waals surface area contributed by atoms with Crippen molar-refractivity contribution in [3.63, 3.8) is 0 Å². The fourth-order valence-corrected chi connectivity index (χ4v) is 3.98. The predicted octanol–water partition coefficient (Wildman–Crippen LogP) is 3.59. The average molecular weight is 423 g/mol. The number of hydrogen-bond acceptors (Lipinski definition) is 8. The van der Waals surface area contributed by atoms with Crippen molar-refractivity contribution >= 4 is 5.82 Å². The van der Waals surface area contributed by atoms with E-state index in [0.717, 1.165) is 36.2 Å². The van der Waals surface area contributed by atoms with Crippen LogP contribution in [0, 0.1) is 11.3 Å². The van der Waals surface area contributed by atoms with Crippen LogP contribution in [-0.2, 0) is 5.41 Å². The van der Waals surface area contributed by atoms with Gasteiger partial charge in [-0.2, -0.15) is 5.26 Å². The molecule has 3 N–H and O–H groups in total. The maximum Gasteiger partial charge on any atom is 0.189 e. The number of nitrogens with zero attached hydrogens (tertiary/aromatic N) is 5. The summed E-state index contributed by atoms with van der Waals surface area (Å²) in [7, 11) is 0. The molecular weight excluding hydrogens is 402 g/mol. The number of aromatic nitrogens is 4. The molecule has 1 unspecified atom stereocenters. The molecule has 1 aliphatic rings. The molecule has 1 aliphatic heterocycles. The zero-order valence-corrected chi connectivity index (χ0v) is 17.3. The largest absolute Gasteiger partial charge is 0.382 e. The number of pyridine rings is 1. The monoisotopic (exact) mass is 423 g/mol. The predicted molar refractivity (Wildman–Crippen MR) is 120 cm³/mol. The van der Waals surface area contributed by atoms with Crippen LogP contribution in [0.3, 0.4) is 0 Å². The Morgan fingerprint density at radius 1 is 1.06 bits per heavy atom. The van der Waals surface area contributed by atoms with E-state index in [2.05, 4.69) is 26.5 Å². The van der Waals surface area contributed by atoms with Gasteiger partial charge in [0.1, 0.15) is 11.1 Å². The number of nitriles is 1. The smallest absolute Gasteiger partial charge is 0.189 e. The van der Waals surface area contributed by atoms with Gasteiger partial charge in [0.15, 0.2) is 17.3 Å². The van der Waals surface area contributed by atoms with Crippen molar-refractivity contribution in [1.29, 1.82) is 5.26 Å². The third-order valence-corrected chi connectivity index (χ3v) is 5.76. The molecular formula is C24H21N7O. The molecule has 32 heavy (non-hydrogen) atoms. The van der Waals surface area contributed by atoms with E-state index < -0.39 is 5.41 Å². The summed E-state index contributed by atoms with van der Waals surface area (Å²) in [5.74, 6) is 0.693. The summed E-state index contributed by atoms with van der Waals surface area (Å²) in [4.78, 5) is 13.5. The van der Waals surface area contributed by atoms with E-state index in [4.69, 9.17) is 15.2 Å². The summed E-state index contributed by atoms with van der Waals surface area (Å²) in [5.41, 5.74) is 9.68. The number of piperidine rings is 1. The number of anilines is 1. The van der Waals surface area contributed by atoms with Crippen molar-refractivity contribution in [3.8, 4) is 40.0 Å². The van der Waals surface area contributed by atoms with Crippen LogP contribution in [0.2, 0.25) is 0 Å². The van der Waals surface area contributed by atoms with Crippen LogP contribution in [0.15, 0.2) is 65.4 Å². The van der Waals surface area contributed by atoms with Crippen LogP contribution >= 0.6 is 0 Å². The molecule has 4 aromatic rings. The van der Waals surface area contributed by atoms with Gasteiger partial charge in [-0.05, 0) is 31.5 Å². The van der Waals surface area contributed by atoms with Crippen LogP contribution in [0.5, 0.6) is 0 Å². The molecule has 0 aliphatic carbocycles. The number of benzene rings is 1. The summed E-state index contributed by atoms with van der Waals surface area (Å²) in [6.07, 6.45) is 5.02. The van der Waals surface area contributed by atoms with E-state index in [-0.39, 0.29) is 5.82 Å². The van der Waals surface area contributed by atoms with Crippen LogP contribution in [0.1, 0.15) is 18.5 Å². The summed E-state index contributed by atoms with van der Waals surface area (Å²) >= 11 is 0. The first-order valence-electron chi connectivity index (χ1n) is 10.4. The fraction of sp³-hybridized carbons (Fsp3) is 0.208. The van der Waals surface area contributed by atoms with E-state index >= 15 is 0 Å². The van der Waals surface area contributed by atoms with Gasteiger partial charge < -0.3 is 15.6 Å². The molecule has 3 aromatic heterocycles. The number of nitrogens with one attached hydrogen (secondary N) is 1. The average Bonchev–Trinajstić information content (AvgIpc) is 3.35. The first-order chi connectivity index (χ1) is 15.7. The molecule has 0 spiro atoms. The molecule has 8 nitrogen and oxygen atoms in total. The van der Waals surface area contributed by atoms with Gasteiger partial charge in [0, 0.05) is 29.9 Å². The van der Waals surface area contributed by atoms with Crippen molar-refractivity contribution in [2.24, 2.45) is 0 Å². The number of hydrogen-bond donors (Lipinski definition) is 2. The van der Waals surface area contributed by atoms with Gasteiger partial charge in [-0.15, -0.1) is 0 Å². The zero-order chi connectivity index (χ0) is 22.0. The number of rotatable bonds is 4. The molecule has 8 heteroatoms. The van der Waals surface area contributed by atoms with Crippen molar-refractivity contribution in [3.05, 3.63) is 66.6 Å². The van der Waals surface area contributed by atoms with Gasteiger partial charge in [-0.25, -0.2) is 9.97 Å². The topological polar surface area (TPSA) is 127 Å². The Hall–Kier alpha value is -4.09. The highest BCUT2D eigenvalue weighted by molar-refractivity contribution is 5.73. The van der Waals surface area contributed by atoms with Gasteiger partial charge in [0.25, 0.3) is 0 Å². The highest BCUT2D eigenvalue weighted by Crippen LogP contribution is 2.33. The van der Waals surface area contributed by atoms with E-state index in [1.807, 2.05) is 42.5 Å². The Balaban J connectivity index is 1.51. The lowest BCUT2D eigenvalue weighted by Gasteiger charge is -2.30. The van der Waals surface area contributed by atoms with E-state index in [9.17, 15) is 5.26 Å². The summed E-state index contributed by atoms with van der Waals surface area (Å²) in [6.45, 7) is 1.50. The van der Waals surface area contributed by atoms with Gasteiger partial charge in [-0.1, -0.05) is 35.5 Å². The van der Waals surface area contributed by atoms with E-state index in [0.29, 0.717) is 29.4 Å². The van der Waals surface area contributed by atoms with Crippen molar-refractivity contribution in [1.82, 2.24) is 25.4 Å². The Morgan fingerprint density at radius 2 is 1.94 bits per heavy atom. The first kappa shape index (κ1) is 19.8. The molecule has 0 saturated carbocycles. The van der Waals surface area contributed by atoms with Crippen LogP contribution in [0.4, 0.5) is 5.82 Å². The summed E-state index contributed by atoms with van der Waals surface area (Å²) < 4.78 is 5.53.